The zero-order valence-electron chi connectivity index (χ0n) is 8.43. The molecule has 2 nitrogen and oxygen atoms in total. The number of rotatable bonds is 1. The molecule has 0 bridgehead atoms. The van der Waals surface area contributed by atoms with Gasteiger partial charge in [-0.25, -0.2) is 4.99 Å². The van der Waals surface area contributed by atoms with E-state index in [9.17, 15) is 13.2 Å². The van der Waals surface area contributed by atoms with Gasteiger partial charge in [0.05, 0.1) is 16.1 Å². The molecule has 0 aliphatic carbocycles. The molecule has 0 amide bonds. The molecule has 1 N–H and O–H groups in total. The first kappa shape index (κ1) is 11.3. The zero-order chi connectivity index (χ0) is 11.8. The quantitative estimate of drug-likeness (QED) is 0.763. The summed E-state index contributed by atoms with van der Waals surface area (Å²) in [6.45, 7) is 1.89. The summed E-state index contributed by atoms with van der Waals surface area (Å²) in [7, 11) is 0. The normalized spacial score (nSPS) is 15.1. The summed E-state index contributed by atoms with van der Waals surface area (Å²) in [5.41, 5.74) is -0.275. The largest absolute Gasteiger partial charge is 0.416 e. The molecular weight excluding hydrogens is 237 g/mol. The Morgan fingerprint density at radius 2 is 2.12 bits per heavy atom. The Balaban J connectivity index is 2.43. The van der Waals surface area contributed by atoms with Crippen LogP contribution in [0.3, 0.4) is 0 Å². The van der Waals surface area contributed by atoms with E-state index in [0.717, 1.165) is 12.1 Å². The van der Waals surface area contributed by atoms with Crippen molar-refractivity contribution in [1.29, 1.82) is 0 Å². The number of amidine groups is 1. The standard InChI is InChI=1S/C10H9F3N2S/c1-2-9-14-7-5-6(10(11,12)13)3-4-8(7)16-15-9/h3-5H,2H2,1H3,(H,14,15). The van der Waals surface area contributed by atoms with Gasteiger partial charge < -0.3 is 4.72 Å². The number of benzene rings is 1. The van der Waals surface area contributed by atoms with E-state index in [-0.39, 0.29) is 0 Å². The van der Waals surface area contributed by atoms with Crippen molar-refractivity contribution in [3.8, 4) is 0 Å². The van der Waals surface area contributed by atoms with Crippen LogP contribution < -0.4 is 4.72 Å². The predicted octanol–water partition coefficient (Wildman–Crippen LogP) is 3.76. The van der Waals surface area contributed by atoms with E-state index in [4.69, 9.17) is 0 Å². The minimum atomic E-state index is -4.31. The molecule has 16 heavy (non-hydrogen) atoms. The van der Waals surface area contributed by atoms with Gasteiger partial charge in [-0.15, -0.1) is 0 Å². The molecule has 1 heterocycles. The predicted molar refractivity (Wildman–Crippen MR) is 57.8 cm³/mol. The Bertz CT molecular complexity index is 440. The fraction of sp³-hybridized carbons (Fsp3) is 0.300. The Hall–Kier alpha value is -1.17. The Morgan fingerprint density at radius 1 is 1.38 bits per heavy atom. The van der Waals surface area contributed by atoms with Gasteiger partial charge >= 0.3 is 6.18 Å². The highest BCUT2D eigenvalue weighted by Crippen LogP contribution is 2.37. The number of nitrogens with one attached hydrogen (secondary N) is 1. The Kier molecular flexibility index (Phi) is 2.84. The summed E-state index contributed by atoms with van der Waals surface area (Å²) >= 11 is 1.29. The number of hydrogen-bond donors (Lipinski definition) is 1. The number of fused-ring (bicyclic) bond motifs is 1. The molecule has 1 aliphatic heterocycles. The summed E-state index contributed by atoms with van der Waals surface area (Å²) in [4.78, 5) is 4.84. The minimum Gasteiger partial charge on any atom is -0.314 e. The van der Waals surface area contributed by atoms with Crippen LogP contribution in [0.15, 0.2) is 28.1 Å². The van der Waals surface area contributed by atoms with E-state index < -0.39 is 11.7 Å². The second-order valence-corrected chi connectivity index (χ2v) is 4.14. The average molecular weight is 246 g/mol. The molecule has 1 aromatic rings. The number of alkyl halides is 3. The molecule has 2 rings (SSSR count). The topological polar surface area (TPSA) is 24.4 Å². The van der Waals surface area contributed by atoms with Gasteiger partial charge in [-0.3, -0.25) is 0 Å². The summed E-state index contributed by atoms with van der Waals surface area (Å²) in [6.07, 6.45) is -3.64. The molecule has 0 atom stereocenters. The lowest BCUT2D eigenvalue weighted by molar-refractivity contribution is -0.137. The van der Waals surface area contributed by atoms with Crippen LogP contribution in [-0.2, 0) is 6.18 Å². The van der Waals surface area contributed by atoms with Gasteiger partial charge in [0, 0.05) is 6.42 Å². The smallest absolute Gasteiger partial charge is 0.314 e. The van der Waals surface area contributed by atoms with Gasteiger partial charge in [-0.1, -0.05) is 6.92 Å². The van der Waals surface area contributed by atoms with Gasteiger partial charge in [0.2, 0.25) is 0 Å². The van der Waals surface area contributed by atoms with Crippen LogP contribution in [0.1, 0.15) is 18.9 Å². The molecule has 6 heteroatoms. The molecule has 0 aromatic heterocycles. The van der Waals surface area contributed by atoms with Crippen molar-refractivity contribution in [2.45, 2.75) is 24.4 Å². The summed E-state index contributed by atoms with van der Waals surface area (Å²) < 4.78 is 40.4. The molecule has 86 valence electrons. The van der Waals surface area contributed by atoms with Crippen molar-refractivity contribution >= 4 is 23.5 Å². The van der Waals surface area contributed by atoms with Crippen LogP contribution in [0.2, 0.25) is 0 Å². The van der Waals surface area contributed by atoms with Gasteiger partial charge in [-0.05, 0) is 30.1 Å². The number of hydrogen-bond acceptors (Lipinski definition) is 3. The second kappa shape index (κ2) is 4.01. The van der Waals surface area contributed by atoms with Crippen molar-refractivity contribution in [2.24, 2.45) is 4.99 Å². The van der Waals surface area contributed by atoms with Gasteiger partial charge in [0.15, 0.2) is 0 Å². The maximum absolute atomic E-state index is 12.5. The van der Waals surface area contributed by atoms with E-state index in [1.54, 1.807) is 0 Å². The Labute approximate surface area is 95.1 Å². The number of nitrogens with zero attached hydrogens (tertiary/aromatic N) is 1. The third-order valence-electron chi connectivity index (χ3n) is 2.16. The maximum Gasteiger partial charge on any atom is 0.416 e. The van der Waals surface area contributed by atoms with Crippen LogP contribution in [0.5, 0.6) is 0 Å². The van der Waals surface area contributed by atoms with Crippen LogP contribution in [-0.4, -0.2) is 5.84 Å². The molecule has 0 fully saturated rings. The number of aliphatic imine (C=N–C) groups is 1. The zero-order valence-corrected chi connectivity index (χ0v) is 9.25. The van der Waals surface area contributed by atoms with E-state index in [1.165, 1.54) is 18.0 Å². The summed E-state index contributed by atoms with van der Waals surface area (Å²) in [5.74, 6) is 0.692. The molecular formula is C10H9F3N2S. The SMILES string of the molecule is CCC1=Nc2cc(C(F)(F)F)ccc2SN1. The molecule has 0 radical (unpaired) electrons. The van der Waals surface area contributed by atoms with Crippen molar-refractivity contribution in [1.82, 2.24) is 4.72 Å². The first-order valence-electron chi connectivity index (χ1n) is 4.72. The van der Waals surface area contributed by atoms with Crippen molar-refractivity contribution in [2.75, 3.05) is 0 Å². The highest BCUT2D eigenvalue weighted by Gasteiger charge is 2.31. The highest BCUT2D eigenvalue weighted by molar-refractivity contribution is 7.98. The van der Waals surface area contributed by atoms with Gasteiger partial charge in [0.1, 0.15) is 5.84 Å². The van der Waals surface area contributed by atoms with E-state index in [0.29, 0.717) is 22.8 Å². The van der Waals surface area contributed by atoms with E-state index in [2.05, 4.69) is 9.71 Å². The Morgan fingerprint density at radius 3 is 2.75 bits per heavy atom. The lowest BCUT2D eigenvalue weighted by Crippen LogP contribution is -2.17. The third kappa shape index (κ3) is 2.16. The molecule has 0 unspecified atom stereocenters. The fourth-order valence-corrected chi connectivity index (χ4v) is 2.06. The first-order valence-corrected chi connectivity index (χ1v) is 5.54. The van der Waals surface area contributed by atoms with Crippen LogP contribution >= 0.6 is 11.9 Å². The summed E-state index contributed by atoms with van der Waals surface area (Å²) in [6, 6.07) is 3.59. The van der Waals surface area contributed by atoms with Gasteiger partial charge in [-0.2, -0.15) is 13.2 Å². The molecule has 1 aromatic carbocycles. The van der Waals surface area contributed by atoms with Crippen LogP contribution in [0, 0.1) is 0 Å². The maximum atomic E-state index is 12.5. The van der Waals surface area contributed by atoms with Crippen LogP contribution in [0.25, 0.3) is 0 Å². The van der Waals surface area contributed by atoms with Crippen molar-refractivity contribution in [3.63, 3.8) is 0 Å². The lowest BCUT2D eigenvalue weighted by atomic mass is 10.2. The van der Waals surface area contributed by atoms with Crippen molar-refractivity contribution < 1.29 is 13.2 Å². The number of halogens is 3. The highest BCUT2D eigenvalue weighted by atomic mass is 32.2. The van der Waals surface area contributed by atoms with E-state index in [1.807, 2.05) is 6.92 Å². The fourth-order valence-electron chi connectivity index (χ4n) is 1.30. The van der Waals surface area contributed by atoms with E-state index >= 15 is 0 Å². The third-order valence-corrected chi connectivity index (χ3v) is 3.06. The molecule has 0 spiro atoms. The molecule has 0 saturated heterocycles. The monoisotopic (exact) mass is 246 g/mol. The van der Waals surface area contributed by atoms with Crippen molar-refractivity contribution in [3.05, 3.63) is 23.8 Å². The minimum absolute atomic E-state index is 0.385. The van der Waals surface area contributed by atoms with Crippen LogP contribution in [0.4, 0.5) is 18.9 Å². The average Bonchev–Trinajstić information content (AvgIpc) is 2.26. The second-order valence-electron chi connectivity index (χ2n) is 3.30. The molecule has 1 aliphatic rings. The summed E-state index contributed by atoms with van der Waals surface area (Å²) in [5, 5.41) is 0. The van der Waals surface area contributed by atoms with Gasteiger partial charge in [0.25, 0.3) is 0 Å². The first-order chi connectivity index (χ1) is 7.50. The molecule has 0 saturated carbocycles. The lowest BCUT2D eigenvalue weighted by Gasteiger charge is -2.17.